The Kier molecular flexibility index (Phi) is 4.62. The number of benzene rings is 2. The molecule has 2 N–H and O–H groups in total. The van der Waals surface area contributed by atoms with Crippen molar-refractivity contribution in [3.05, 3.63) is 75.9 Å². The summed E-state index contributed by atoms with van der Waals surface area (Å²) < 4.78 is 4.30. The molecule has 0 unspecified atom stereocenters. The Bertz CT molecular complexity index is 943. The number of fused-ring (bicyclic) bond motifs is 1. The van der Waals surface area contributed by atoms with Gasteiger partial charge in [-0.15, -0.1) is 4.67 Å². The maximum absolute atomic E-state index is 9.57. The molecule has 1 aliphatic heterocycles. The molecular weight excluding hydrogens is 323 g/mol. The van der Waals surface area contributed by atoms with Crippen LogP contribution < -0.4 is 10.1 Å². The molecule has 4 rings (SSSR count). The first-order chi connectivity index (χ1) is 12.6. The molecule has 0 saturated carbocycles. The molecule has 1 heterocycles. The van der Waals surface area contributed by atoms with Crippen molar-refractivity contribution in [1.29, 1.82) is 0 Å². The van der Waals surface area contributed by atoms with Gasteiger partial charge in [0.1, 0.15) is 0 Å². The zero-order valence-electron chi connectivity index (χ0n) is 14.9. The van der Waals surface area contributed by atoms with Gasteiger partial charge in [-0.3, -0.25) is 4.90 Å². The van der Waals surface area contributed by atoms with Crippen molar-refractivity contribution in [1.82, 2.24) is 9.57 Å². The SMILES string of the molecule is CN(Cc1ccccc1B(O)O)Cc1cccc2c1CC1=C(C=[N+]=C1)C2. The van der Waals surface area contributed by atoms with Gasteiger partial charge in [-0.2, -0.15) is 0 Å². The van der Waals surface area contributed by atoms with Crippen LogP contribution in [0.15, 0.2) is 53.6 Å². The summed E-state index contributed by atoms with van der Waals surface area (Å²) in [6.07, 6.45) is 5.87. The standard InChI is InChI=1S/C21H22BN2O2/c1-24(14-17-5-2-3-8-21(17)22(25)26)13-16-7-4-6-15-9-18-11-23-12-19(18)10-20(15)16/h2-8,11-12,25-26H,9-10,13-14H2,1H3/q+1. The third kappa shape index (κ3) is 3.30. The van der Waals surface area contributed by atoms with Gasteiger partial charge in [0.25, 0.3) is 12.4 Å². The molecule has 1 aliphatic carbocycles. The molecular formula is C21H22BN2O2+. The Morgan fingerprint density at radius 1 is 0.923 bits per heavy atom. The van der Waals surface area contributed by atoms with E-state index in [2.05, 4.69) is 34.8 Å². The maximum atomic E-state index is 9.57. The van der Waals surface area contributed by atoms with Gasteiger partial charge >= 0.3 is 7.12 Å². The molecule has 0 amide bonds. The fourth-order valence-electron chi connectivity index (χ4n) is 3.89. The quantitative estimate of drug-likeness (QED) is 0.617. The van der Waals surface area contributed by atoms with Gasteiger partial charge in [-0.05, 0) is 34.8 Å². The molecule has 26 heavy (non-hydrogen) atoms. The lowest BCUT2D eigenvalue weighted by molar-refractivity contribution is 0.318. The van der Waals surface area contributed by atoms with E-state index in [1.165, 1.54) is 27.8 Å². The normalized spacial score (nSPS) is 14.8. The zero-order chi connectivity index (χ0) is 18.1. The van der Waals surface area contributed by atoms with Crippen molar-refractivity contribution in [2.75, 3.05) is 7.05 Å². The third-order valence-electron chi connectivity index (χ3n) is 5.21. The van der Waals surface area contributed by atoms with Crippen molar-refractivity contribution >= 4 is 25.0 Å². The van der Waals surface area contributed by atoms with Crippen LogP contribution in [-0.4, -0.2) is 41.5 Å². The fourth-order valence-corrected chi connectivity index (χ4v) is 3.89. The zero-order valence-corrected chi connectivity index (χ0v) is 14.9. The van der Waals surface area contributed by atoms with Crippen LogP contribution in [0.5, 0.6) is 0 Å². The van der Waals surface area contributed by atoms with Crippen molar-refractivity contribution in [3.63, 3.8) is 0 Å². The number of hydrogen-bond donors (Lipinski definition) is 2. The number of nitrogens with zero attached hydrogens (tertiary/aromatic N) is 2. The van der Waals surface area contributed by atoms with E-state index in [9.17, 15) is 10.0 Å². The van der Waals surface area contributed by atoms with Crippen molar-refractivity contribution in [3.8, 4) is 0 Å². The first kappa shape index (κ1) is 17.0. The highest BCUT2D eigenvalue weighted by Gasteiger charge is 2.25. The Labute approximate surface area is 154 Å². The summed E-state index contributed by atoms with van der Waals surface area (Å²) in [5.41, 5.74) is 8.33. The molecule has 0 saturated heterocycles. The van der Waals surface area contributed by atoms with Crippen LogP contribution >= 0.6 is 0 Å². The third-order valence-corrected chi connectivity index (χ3v) is 5.21. The minimum Gasteiger partial charge on any atom is -0.423 e. The highest BCUT2D eigenvalue weighted by molar-refractivity contribution is 6.59. The summed E-state index contributed by atoms with van der Waals surface area (Å²) in [5, 5.41) is 19.1. The van der Waals surface area contributed by atoms with Crippen LogP contribution in [0.1, 0.15) is 22.3 Å². The predicted octanol–water partition coefficient (Wildman–Crippen LogP) is 0.616. The van der Waals surface area contributed by atoms with Crippen molar-refractivity contribution in [2.45, 2.75) is 25.9 Å². The summed E-state index contributed by atoms with van der Waals surface area (Å²) in [6, 6.07) is 14.0. The van der Waals surface area contributed by atoms with Gasteiger partial charge in [0, 0.05) is 37.1 Å². The Morgan fingerprint density at radius 2 is 1.62 bits per heavy atom. The number of hydrogen-bond acceptors (Lipinski definition) is 3. The van der Waals surface area contributed by atoms with E-state index in [4.69, 9.17) is 0 Å². The molecule has 2 aromatic carbocycles. The molecule has 0 fully saturated rings. The lowest BCUT2D eigenvalue weighted by atomic mass is 9.77. The number of allylic oxidation sites excluding steroid dienone is 2. The van der Waals surface area contributed by atoms with Crippen molar-refractivity contribution < 1.29 is 10.0 Å². The average molecular weight is 345 g/mol. The van der Waals surface area contributed by atoms with Crippen LogP contribution in [0, 0.1) is 0 Å². The van der Waals surface area contributed by atoms with Gasteiger partial charge < -0.3 is 10.0 Å². The van der Waals surface area contributed by atoms with Gasteiger partial charge in [0.15, 0.2) is 0 Å². The highest BCUT2D eigenvalue weighted by Crippen LogP contribution is 2.28. The molecule has 0 aromatic heterocycles. The second kappa shape index (κ2) is 7.06. The second-order valence-corrected chi connectivity index (χ2v) is 7.11. The van der Waals surface area contributed by atoms with Crippen LogP contribution in [0.25, 0.3) is 0 Å². The molecule has 0 radical (unpaired) electrons. The summed E-state index contributed by atoms with van der Waals surface area (Å²) in [4.78, 5) is 2.22. The van der Waals surface area contributed by atoms with Crippen LogP contribution in [0.2, 0.25) is 0 Å². The summed E-state index contributed by atoms with van der Waals surface area (Å²) in [7, 11) is 0.630. The molecule has 2 aliphatic rings. The van der Waals surface area contributed by atoms with E-state index in [0.717, 1.165) is 24.9 Å². The molecule has 5 heteroatoms. The first-order valence-electron chi connectivity index (χ1n) is 8.92. The second-order valence-electron chi connectivity index (χ2n) is 7.11. The largest absolute Gasteiger partial charge is 0.488 e. The summed E-state index contributed by atoms with van der Waals surface area (Å²) in [6.45, 7) is 1.49. The van der Waals surface area contributed by atoms with Crippen LogP contribution in [0.4, 0.5) is 0 Å². The van der Waals surface area contributed by atoms with Gasteiger partial charge in [0.2, 0.25) is 0 Å². The minimum absolute atomic E-state index is 0.571. The van der Waals surface area contributed by atoms with E-state index >= 15 is 0 Å². The van der Waals surface area contributed by atoms with Gasteiger partial charge in [-0.25, -0.2) is 0 Å². The van der Waals surface area contributed by atoms with Gasteiger partial charge in [-0.1, -0.05) is 42.5 Å². The average Bonchev–Trinajstić information content (AvgIpc) is 3.08. The summed E-state index contributed by atoms with van der Waals surface area (Å²) >= 11 is 0. The van der Waals surface area contributed by atoms with E-state index in [-0.39, 0.29) is 0 Å². The van der Waals surface area contributed by atoms with Crippen LogP contribution in [-0.2, 0) is 25.9 Å². The molecule has 0 atom stereocenters. The van der Waals surface area contributed by atoms with Crippen molar-refractivity contribution in [2.24, 2.45) is 0 Å². The molecule has 130 valence electrons. The highest BCUT2D eigenvalue weighted by atomic mass is 16.4. The summed E-state index contributed by atoms with van der Waals surface area (Å²) in [5.74, 6) is 0. The minimum atomic E-state index is -1.44. The lowest BCUT2D eigenvalue weighted by Crippen LogP contribution is -2.35. The van der Waals surface area contributed by atoms with E-state index in [1.54, 1.807) is 6.07 Å². The first-order valence-corrected chi connectivity index (χ1v) is 8.92. The topological polar surface area (TPSA) is 57.8 Å². The fraction of sp³-hybridized carbons (Fsp3) is 0.238. The maximum Gasteiger partial charge on any atom is 0.488 e. The molecule has 0 bridgehead atoms. The monoisotopic (exact) mass is 345 g/mol. The van der Waals surface area contributed by atoms with E-state index < -0.39 is 7.12 Å². The Balaban J connectivity index is 1.53. The molecule has 2 aromatic rings. The smallest absolute Gasteiger partial charge is 0.423 e. The van der Waals surface area contributed by atoms with E-state index in [1.807, 2.05) is 30.6 Å². The molecule has 0 spiro atoms. The lowest BCUT2D eigenvalue weighted by Gasteiger charge is -2.23. The van der Waals surface area contributed by atoms with Crippen LogP contribution in [0.3, 0.4) is 0 Å². The Morgan fingerprint density at radius 3 is 2.42 bits per heavy atom. The predicted molar refractivity (Wildman–Crippen MR) is 107 cm³/mol. The van der Waals surface area contributed by atoms with Gasteiger partial charge in [0.05, 0.1) is 0 Å². The number of rotatable bonds is 5. The van der Waals surface area contributed by atoms with E-state index in [0.29, 0.717) is 12.0 Å². The molecule has 4 nitrogen and oxygen atoms in total. The Hall–Kier alpha value is -2.43.